The first-order chi connectivity index (χ1) is 15.2. The van der Waals surface area contributed by atoms with Gasteiger partial charge in [0.05, 0.1) is 12.3 Å². The average molecular weight is 426 g/mol. The molecule has 1 aliphatic carbocycles. The van der Waals surface area contributed by atoms with E-state index >= 15 is 0 Å². The number of rotatable bonds is 9. The molecule has 0 unspecified atom stereocenters. The van der Waals surface area contributed by atoms with E-state index in [1.165, 1.54) is 31.2 Å². The number of benzene rings is 1. The summed E-state index contributed by atoms with van der Waals surface area (Å²) in [5.74, 6) is 2.31. The zero-order valence-corrected chi connectivity index (χ0v) is 18.7. The highest BCUT2D eigenvalue weighted by Crippen LogP contribution is 2.29. The van der Waals surface area contributed by atoms with Crippen LogP contribution >= 0.6 is 0 Å². The number of likely N-dealkylation sites (tertiary alicyclic amines) is 1. The molecule has 0 N–H and O–H groups in total. The van der Waals surface area contributed by atoms with E-state index < -0.39 is 0 Å². The van der Waals surface area contributed by atoms with Crippen molar-refractivity contribution in [3.8, 4) is 5.75 Å². The molecule has 168 valence electrons. The summed E-state index contributed by atoms with van der Waals surface area (Å²) in [5, 5.41) is 3.96. The van der Waals surface area contributed by atoms with E-state index in [-0.39, 0.29) is 0 Å². The summed E-state index contributed by atoms with van der Waals surface area (Å²) in [7, 11) is 2.07. The van der Waals surface area contributed by atoms with Crippen LogP contribution in [0, 0.1) is 11.8 Å². The molecule has 6 nitrogen and oxygen atoms in total. The van der Waals surface area contributed by atoms with E-state index in [9.17, 15) is 4.79 Å². The highest BCUT2D eigenvalue weighted by molar-refractivity contribution is 5.76. The maximum absolute atomic E-state index is 12.7. The second-order valence-electron chi connectivity index (χ2n) is 9.32. The number of ether oxygens (including phenoxy) is 1. The highest BCUT2D eigenvalue weighted by Gasteiger charge is 2.27. The van der Waals surface area contributed by atoms with Crippen LogP contribution in [0.5, 0.6) is 5.75 Å². The number of aromatic nitrogens is 1. The Balaban J connectivity index is 1.20. The molecule has 4 rings (SSSR count). The van der Waals surface area contributed by atoms with Gasteiger partial charge in [0.15, 0.2) is 0 Å². The zero-order chi connectivity index (χ0) is 21.5. The van der Waals surface area contributed by atoms with Crippen molar-refractivity contribution in [3.63, 3.8) is 0 Å². The maximum Gasteiger partial charge on any atom is 0.222 e. The van der Waals surface area contributed by atoms with Crippen molar-refractivity contribution in [3.05, 3.63) is 47.9 Å². The number of hydrogen-bond donors (Lipinski definition) is 0. The molecule has 0 spiro atoms. The first-order valence-electron chi connectivity index (χ1n) is 11.7. The highest BCUT2D eigenvalue weighted by atomic mass is 16.5. The van der Waals surface area contributed by atoms with Crippen LogP contribution in [0.4, 0.5) is 0 Å². The van der Waals surface area contributed by atoms with Crippen LogP contribution in [0.3, 0.4) is 0 Å². The van der Waals surface area contributed by atoms with Crippen molar-refractivity contribution in [2.75, 3.05) is 26.7 Å². The summed E-state index contributed by atoms with van der Waals surface area (Å²) in [4.78, 5) is 17.0. The minimum Gasteiger partial charge on any atom is -0.493 e. The summed E-state index contributed by atoms with van der Waals surface area (Å²) in [5.41, 5.74) is 2.17. The van der Waals surface area contributed by atoms with Gasteiger partial charge in [-0.2, -0.15) is 0 Å². The lowest BCUT2D eigenvalue weighted by atomic mass is 9.97. The molecule has 2 fully saturated rings. The van der Waals surface area contributed by atoms with E-state index in [1.54, 1.807) is 6.26 Å². The normalized spacial score (nSPS) is 19.8. The SMILES string of the molecule is CN(Cc1ccc(OC[C@H]2CCCN(C(=O)CC3CCCC3)C2)cc1)Cc1ccon1. The Morgan fingerprint density at radius 3 is 2.61 bits per heavy atom. The van der Waals surface area contributed by atoms with Gasteiger partial charge in [-0.15, -0.1) is 0 Å². The fraction of sp³-hybridized carbons (Fsp3) is 0.600. The van der Waals surface area contributed by atoms with E-state index in [1.807, 2.05) is 18.2 Å². The van der Waals surface area contributed by atoms with Gasteiger partial charge in [-0.25, -0.2) is 0 Å². The van der Waals surface area contributed by atoms with Crippen molar-refractivity contribution in [2.45, 2.75) is 58.0 Å². The monoisotopic (exact) mass is 425 g/mol. The molecule has 1 aromatic carbocycles. The van der Waals surface area contributed by atoms with Gasteiger partial charge in [0.25, 0.3) is 0 Å². The third-order valence-electron chi connectivity index (χ3n) is 6.59. The second kappa shape index (κ2) is 10.8. The van der Waals surface area contributed by atoms with Gasteiger partial charge in [-0.05, 0) is 56.3 Å². The molecule has 2 aliphatic rings. The quantitative estimate of drug-likeness (QED) is 0.592. The number of amides is 1. The van der Waals surface area contributed by atoms with Gasteiger partial charge in [0.1, 0.15) is 12.0 Å². The lowest BCUT2D eigenvalue weighted by Crippen LogP contribution is -2.42. The van der Waals surface area contributed by atoms with Gasteiger partial charge in [0.2, 0.25) is 5.91 Å². The Morgan fingerprint density at radius 1 is 1.10 bits per heavy atom. The molecule has 1 aliphatic heterocycles. The molecular weight excluding hydrogens is 390 g/mol. The second-order valence-corrected chi connectivity index (χ2v) is 9.32. The Hall–Kier alpha value is -2.34. The molecule has 1 amide bonds. The molecule has 0 bridgehead atoms. The molecule has 6 heteroatoms. The molecule has 1 saturated carbocycles. The van der Waals surface area contributed by atoms with E-state index in [0.717, 1.165) is 56.9 Å². The van der Waals surface area contributed by atoms with E-state index in [2.05, 4.69) is 34.1 Å². The minimum absolute atomic E-state index is 0.357. The fourth-order valence-electron chi connectivity index (χ4n) is 4.89. The third-order valence-corrected chi connectivity index (χ3v) is 6.59. The largest absolute Gasteiger partial charge is 0.493 e. The number of hydrogen-bond acceptors (Lipinski definition) is 5. The van der Waals surface area contributed by atoms with E-state index in [0.29, 0.717) is 24.3 Å². The lowest BCUT2D eigenvalue weighted by molar-refractivity contribution is -0.134. The lowest BCUT2D eigenvalue weighted by Gasteiger charge is -2.33. The van der Waals surface area contributed by atoms with Crippen LogP contribution < -0.4 is 4.74 Å². The Morgan fingerprint density at radius 2 is 1.87 bits per heavy atom. The Kier molecular flexibility index (Phi) is 7.62. The van der Waals surface area contributed by atoms with Gasteiger partial charge in [-0.3, -0.25) is 9.69 Å². The van der Waals surface area contributed by atoms with Crippen molar-refractivity contribution in [2.24, 2.45) is 11.8 Å². The number of nitrogens with zero attached hydrogens (tertiary/aromatic N) is 3. The van der Waals surface area contributed by atoms with Gasteiger partial charge in [0, 0.05) is 44.6 Å². The van der Waals surface area contributed by atoms with Gasteiger partial charge >= 0.3 is 0 Å². The molecule has 0 radical (unpaired) electrons. The van der Waals surface area contributed by atoms with Crippen molar-refractivity contribution in [1.29, 1.82) is 0 Å². The molecule has 1 aromatic heterocycles. The molecule has 2 heterocycles. The van der Waals surface area contributed by atoms with Crippen LogP contribution in [-0.4, -0.2) is 47.6 Å². The third kappa shape index (κ3) is 6.57. The average Bonchev–Trinajstić information content (AvgIpc) is 3.48. The van der Waals surface area contributed by atoms with Crippen molar-refractivity contribution >= 4 is 5.91 Å². The van der Waals surface area contributed by atoms with Crippen molar-refractivity contribution in [1.82, 2.24) is 15.0 Å². The fourth-order valence-corrected chi connectivity index (χ4v) is 4.89. The summed E-state index contributed by atoms with van der Waals surface area (Å²) in [6.45, 7) is 4.04. The van der Waals surface area contributed by atoms with Crippen LogP contribution in [-0.2, 0) is 17.9 Å². The van der Waals surface area contributed by atoms with E-state index in [4.69, 9.17) is 9.26 Å². The topological polar surface area (TPSA) is 58.8 Å². The predicted octanol–water partition coefficient (Wildman–Crippen LogP) is 4.50. The number of carbonyl (C=O) groups is 1. The van der Waals surface area contributed by atoms with Crippen LogP contribution in [0.1, 0.15) is 56.2 Å². The zero-order valence-electron chi connectivity index (χ0n) is 18.7. The first kappa shape index (κ1) is 21.9. The molecular formula is C25H35N3O3. The summed E-state index contributed by atoms with van der Waals surface area (Å²) in [6.07, 6.45) is 9.64. The van der Waals surface area contributed by atoms with Crippen molar-refractivity contribution < 1.29 is 14.1 Å². The Bertz CT molecular complexity index is 800. The molecule has 1 atom stereocenters. The number of piperidine rings is 1. The molecule has 31 heavy (non-hydrogen) atoms. The van der Waals surface area contributed by atoms with Crippen LogP contribution in [0.2, 0.25) is 0 Å². The first-order valence-corrected chi connectivity index (χ1v) is 11.7. The number of carbonyl (C=O) groups excluding carboxylic acids is 1. The summed E-state index contributed by atoms with van der Waals surface area (Å²) < 4.78 is 11.0. The predicted molar refractivity (Wildman–Crippen MR) is 119 cm³/mol. The maximum atomic E-state index is 12.7. The molecule has 2 aromatic rings. The Labute approximate surface area is 185 Å². The van der Waals surface area contributed by atoms with Crippen LogP contribution in [0.15, 0.2) is 41.1 Å². The summed E-state index contributed by atoms with van der Waals surface area (Å²) >= 11 is 0. The minimum atomic E-state index is 0.357. The van der Waals surface area contributed by atoms with Crippen LogP contribution in [0.25, 0.3) is 0 Å². The van der Waals surface area contributed by atoms with Gasteiger partial charge < -0.3 is 14.2 Å². The van der Waals surface area contributed by atoms with Gasteiger partial charge in [-0.1, -0.05) is 30.1 Å². The summed E-state index contributed by atoms with van der Waals surface area (Å²) in [6, 6.07) is 10.2. The molecule has 1 saturated heterocycles. The smallest absolute Gasteiger partial charge is 0.222 e. The standard InChI is InChI=1S/C25H35N3O3/c1-27(18-23-12-14-31-26-23)16-21-8-10-24(11-9-21)30-19-22-7-4-13-28(17-22)25(29)15-20-5-2-3-6-20/h8-12,14,20,22H,2-7,13,15-19H2,1H3/t22-/m0/s1.